The van der Waals surface area contributed by atoms with Crippen LogP contribution in [0.15, 0.2) is 0 Å². The fraction of sp³-hybridized carbons (Fsp3) is 1.00. The average molecular weight is 240 g/mol. The van der Waals surface area contributed by atoms with E-state index in [9.17, 15) is 0 Å². The van der Waals surface area contributed by atoms with Gasteiger partial charge in [0.1, 0.15) is 0 Å². The molecule has 1 heterocycles. The second-order valence-electron chi connectivity index (χ2n) is 5.87. The van der Waals surface area contributed by atoms with Crippen LogP contribution in [0.4, 0.5) is 0 Å². The Morgan fingerprint density at radius 1 is 1.18 bits per heavy atom. The molecular formula is C15H32N2. The molecule has 2 heteroatoms. The van der Waals surface area contributed by atoms with Crippen LogP contribution < -0.4 is 5.32 Å². The Morgan fingerprint density at radius 3 is 2.53 bits per heavy atom. The van der Waals surface area contributed by atoms with Gasteiger partial charge in [-0.3, -0.25) is 4.90 Å². The third-order valence-electron chi connectivity index (χ3n) is 4.21. The Labute approximate surface area is 108 Å². The molecule has 0 aromatic rings. The molecule has 1 saturated heterocycles. The lowest BCUT2D eigenvalue weighted by atomic mass is 9.98. The summed E-state index contributed by atoms with van der Waals surface area (Å²) >= 11 is 0. The van der Waals surface area contributed by atoms with Crippen LogP contribution >= 0.6 is 0 Å². The second-order valence-corrected chi connectivity index (χ2v) is 5.87. The van der Waals surface area contributed by atoms with Gasteiger partial charge in [0, 0.05) is 18.6 Å². The highest BCUT2D eigenvalue weighted by Gasteiger charge is 2.21. The van der Waals surface area contributed by atoms with Crippen molar-refractivity contribution in [1.82, 2.24) is 10.2 Å². The molecule has 0 bridgehead atoms. The molecule has 1 N–H and O–H groups in total. The number of nitrogens with zero attached hydrogens (tertiary/aromatic N) is 1. The van der Waals surface area contributed by atoms with Crippen molar-refractivity contribution in [2.45, 2.75) is 71.9 Å². The van der Waals surface area contributed by atoms with E-state index in [1.54, 1.807) is 0 Å². The molecule has 0 aromatic heterocycles. The summed E-state index contributed by atoms with van der Waals surface area (Å²) in [6.07, 6.45) is 6.90. The lowest BCUT2D eigenvalue weighted by Crippen LogP contribution is -2.44. The molecule has 1 fully saturated rings. The van der Waals surface area contributed by atoms with E-state index >= 15 is 0 Å². The van der Waals surface area contributed by atoms with Gasteiger partial charge >= 0.3 is 0 Å². The summed E-state index contributed by atoms with van der Waals surface area (Å²) < 4.78 is 0. The maximum absolute atomic E-state index is 3.60. The minimum absolute atomic E-state index is 0.611. The lowest BCUT2D eigenvalue weighted by Gasteiger charge is -2.31. The third kappa shape index (κ3) is 5.39. The van der Waals surface area contributed by atoms with Crippen molar-refractivity contribution in [3.8, 4) is 0 Å². The van der Waals surface area contributed by atoms with Crippen LogP contribution in [0, 0.1) is 5.92 Å². The van der Waals surface area contributed by atoms with Crippen molar-refractivity contribution in [2.24, 2.45) is 5.92 Å². The molecule has 1 rings (SSSR count). The molecule has 0 aromatic carbocycles. The molecule has 1 aliphatic rings. The summed E-state index contributed by atoms with van der Waals surface area (Å²) in [4.78, 5) is 2.73. The summed E-state index contributed by atoms with van der Waals surface area (Å²) in [5.41, 5.74) is 0. The Hall–Kier alpha value is -0.0800. The van der Waals surface area contributed by atoms with Crippen molar-refractivity contribution in [3.63, 3.8) is 0 Å². The van der Waals surface area contributed by atoms with E-state index in [0.717, 1.165) is 18.5 Å². The fourth-order valence-electron chi connectivity index (χ4n) is 2.86. The van der Waals surface area contributed by atoms with Gasteiger partial charge in [-0.15, -0.1) is 0 Å². The lowest BCUT2D eigenvalue weighted by molar-refractivity contribution is 0.188. The van der Waals surface area contributed by atoms with E-state index in [-0.39, 0.29) is 0 Å². The van der Waals surface area contributed by atoms with Gasteiger partial charge in [-0.1, -0.05) is 34.1 Å². The van der Waals surface area contributed by atoms with Crippen molar-refractivity contribution >= 4 is 0 Å². The van der Waals surface area contributed by atoms with Crippen LogP contribution in [0.5, 0.6) is 0 Å². The first-order chi connectivity index (χ1) is 8.17. The van der Waals surface area contributed by atoms with Gasteiger partial charge in [-0.2, -0.15) is 0 Å². The molecular weight excluding hydrogens is 208 g/mol. The number of rotatable bonds is 6. The van der Waals surface area contributed by atoms with Gasteiger partial charge in [-0.25, -0.2) is 0 Å². The molecule has 2 atom stereocenters. The van der Waals surface area contributed by atoms with Crippen LogP contribution in [0.3, 0.4) is 0 Å². The van der Waals surface area contributed by atoms with Crippen LogP contribution in [0.2, 0.25) is 0 Å². The van der Waals surface area contributed by atoms with Crippen LogP contribution in [-0.2, 0) is 0 Å². The SMILES string of the molecule is CCC1CCCN(C(CC)CNC(C)C)CC1. The molecule has 0 spiro atoms. The first-order valence-corrected chi connectivity index (χ1v) is 7.64. The molecule has 0 amide bonds. The number of nitrogens with one attached hydrogen (secondary N) is 1. The van der Waals surface area contributed by atoms with Crippen molar-refractivity contribution < 1.29 is 0 Å². The average Bonchev–Trinajstić information content (AvgIpc) is 2.55. The Kier molecular flexibility index (Phi) is 7.14. The number of hydrogen-bond acceptors (Lipinski definition) is 2. The van der Waals surface area contributed by atoms with Crippen LogP contribution in [0.25, 0.3) is 0 Å². The van der Waals surface area contributed by atoms with Gasteiger partial charge in [-0.05, 0) is 44.7 Å². The second kappa shape index (κ2) is 8.10. The minimum atomic E-state index is 0.611. The predicted molar refractivity (Wildman–Crippen MR) is 76.4 cm³/mol. The first-order valence-electron chi connectivity index (χ1n) is 7.64. The third-order valence-corrected chi connectivity index (χ3v) is 4.21. The summed E-state index contributed by atoms with van der Waals surface area (Å²) in [5, 5.41) is 3.60. The molecule has 0 saturated carbocycles. The fourth-order valence-corrected chi connectivity index (χ4v) is 2.86. The van der Waals surface area contributed by atoms with Gasteiger partial charge < -0.3 is 5.32 Å². The molecule has 0 aliphatic carbocycles. The largest absolute Gasteiger partial charge is 0.313 e. The number of likely N-dealkylation sites (tertiary alicyclic amines) is 1. The molecule has 1 aliphatic heterocycles. The zero-order valence-corrected chi connectivity index (χ0v) is 12.3. The minimum Gasteiger partial charge on any atom is -0.313 e. The van der Waals surface area contributed by atoms with E-state index in [0.29, 0.717) is 6.04 Å². The normalized spacial score (nSPS) is 24.9. The molecule has 2 unspecified atom stereocenters. The van der Waals surface area contributed by atoms with Gasteiger partial charge in [0.25, 0.3) is 0 Å². The summed E-state index contributed by atoms with van der Waals surface area (Å²) in [7, 11) is 0. The van der Waals surface area contributed by atoms with E-state index < -0.39 is 0 Å². The smallest absolute Gasteiger partial charge is 0.0218 e. The zero-order chi connectivity index (χ0) is 12.7. The molecule has 17 heavy (non-hydrogen) atoms. The number of hydrogen-bond donors (Lipinski definition) is 1. The van der Waals surface area contributed by atoms with E-state index in [4.69, 9.17) is 0 Å². The molecule has 2 nitrogen and oxygen atoms in total. The van der Waals surface area contributed by atoms with Crippen LogP contribution in [0.1, 0.15) is 59.8 Å². The molecule has 102 valence electrons. The highest BCUT2D eigenvalue weighted by Crippen LogP contribution is 2.21. The predicted octanol–water partition coefficient (Wildman–Crippen LogP) is 3.28. The maximum Gasteiger partial charge on any atom is 0.0218 e. The topological polar surface area (TPSA) is 15.3 Å². The first kappa shape index (κ1) is 15.0. The quantitative estimate of drug-likeness (QED) is 0.766. The highest BCUT2D eigenvalue weighted by molar-refractivity contribution is 4.77. The Balaban J connectivity index is 2.39. The zero-order valence-electron chi connectivity index (χ0n) is 12.3. The summed E-state index contributed by atoms with van der Waals surface area (Å²) in [6.45, 7) is 12.9. The van der Waals surface area contributed by atoms with E-state index in [1.807, 2.05) is 0 Å². The Morgan fingerprint density at radius 2 is 1.94 bits per heavy atom. The summed E-state index contributed by atoms with van der Waals surface area (Å²) in [6, 6.07) is 1.35. The van der Waals surface area contributed by atoms with Crippen molar-refractivity contribution in [2.75, 3.05) is 19.6 Å². The maximum atomic E-state index is 3.60. The van der Waals surface area contributed by atoms with Gasteiger partial charge in [0.2, 0.25) is 0 Å². The monoisotopic (exact) mass is 240 g/mol. The summed E-state index contributed by atoms with van der Waals surface area (Å²) in [5.74, 6) is 0.982. The van der Waals surface area contributed by atoms with Crippen molar-refractivity contribution in [3.05, 3.63) is 0 Å². The van der Waals surface area contributed by atoms with Gasteiger partial charge in [0.15, 0.2) is 0 Å². The van der Waals surface area contributed by atoms with Crippen LogP contribution in [-0.4, -0.2) is 36.6 Å². The molecule has 0 radical (unpaired) electrons. The standard InChI is InChI=1S/C15H32N2/c1-5-14-8-7-10-17(11-9-14)15(6-2)12-16-13(3)4/h13-16H,5-12H2,1-4H3. The highest BCUT2D eigenvalue weighted by atomic mass is 15.2. The van der Waals surface area contributed by atoms with Gasteiger partial charge in [0.05, 0.1) is 0 Å². The Bertz CT molecular complexity index is 191. The van der Waals surface area contributed by atoms with E-state index in [2.05, 4.69) is 37.9 Å². The van der Waals surface area contributed by atoms with E-state index in [1.165, 1.54) is 45.2 Å². The van der Waals surface area contributed by atoms with Crippen molar-refractivity contribution in [1.29, 1.82) is 0 Å².